The Bertz CT molecular complexity index is 565. The lowest BCUT2D eigenvalue weighted by molar-refractivity contribution is 0.756. The molecule has 2 N–H and O–H groups in total. The van der Waals surface area contributed by atoms with Crippen molar-refractivity contribution in [1.29, 1.82) is 0 Å². The van der Waals surface area contributed by atoms with Gasteiger partial charge in [-0.1, -0.05) is 15.9 Å². The lowest BCUT2D eigenvalue weighted by Gasteiger charge is -2.02. The number of hydrogen-bond acceptors (Lipinski definition) is 3. The summed E-state index contributed by atoms with van der Waals surface area (Å²) in [7, 11) is 1.87. The largest absolute Gasteiger partial charge is 0.319 e. The van der Waals surface area contributed by atoms with Crippen LogP contribution in [0.2, 0.25) is 0 Å². The molecular formula is C11H12BrN3O. The highest BCUT2D eigenvalue weighted by Gasteiger charge is 2.03. The average molecular weight is 282 g/mol. The van der Waals surface area contributed by atoms with Crippen molar-refractivity contribution >= 4 is 26.8 Å². The van der Waals surface area contributed by atoms with Gasteiger partial charge in [0.15, 0.2) is 0 Å². The zero-order chi connectivity index (χ0) is 11.5. The molecule has 0 aliphatic carbocycles. The number of rotatable bonds is 3. The molecule has 0 bridgehead atoms. The highest BCUT2D eigenvalue weighted by atomic mass is 79.9. The predicted molar refractivity (Wildman–Crippen MR) is 67.7 cm³/mol. The van der Waals surface area contributed by atoms with Crippen LogP contribution in [0.15, 0.2) is 27.5 Å². The number of hydrogen-bond donors (Lipinski definition) is 2. The molecule has 16 heavy (non-hydrogen) atoms. The topological polar surface area (TPSA) is 57.8 Å². The maximum absolute atomic E-state index is 11.7. The molecule has 0 amide bonds. The second-order valence-corrected chi connectivity index (χ2v) is 4.44. The van der Waals surface area contributed by atoms with E-state index in [0.717, 1.165) is 16.5 Å². The lowest BCUT2D eigenvalue weighted by atomic mass is 10.2. The van der Waals surface area contributed by atoms with Crippen LogP contribution in [0.1, 0.15) is 5.82 Å². The minimum absolute atomic E-state index is 0.0800. The first kappa shape index (κ1) is 11.3. The summed E-state index contributed by atoms with van der Waals surface area (Å²) in [4.78, 5) is 18.9. The Morgan fingerprint density at radius 3 is 3.06 bits per heavy atom. The SMILES string of the molecule is CNCCc1nc2cc(Br)ccc2c(=O)[nH]1. The Labute approximate surface area is 101 Å². The summed E-state index contributed by atoms with van der Waals surface area (Å²) in [6.45, 7) is 0.794. The van der Waals surface area contributed by atoms with Crippen molar-refractivity contribution in [3.8, 4) is 0 Å². The van der Waals surface area contributed by atoms with Crippen molar-refractivity contribution in [3.63, 3.8) is 0 Å². The van der Waals surface area contributed by atoms with E-state index >= 15 is 0 Å². The zero-order valence-electron chi connectivity index (χ0n) is 8.88. The number of nitrogens with one attached hydrogen (secondary N) is 2. The third-order valence-corrected chi connectivity index (χ3v) is 2.82. The van der Waals surface area contributed by atoms with Crippen LogP contribution in [0.25, 0.3) is 10.9 Å². The van der Waals surface area contributed by atoms with Crippen LogP contribution < -0.4 is 10.9 Å². The van der Waals surface area contributed by atoms with Gasteiger partial charge in [0.1, 0.15) is 5.82 Å². The minimum Gasteiger partial charge on any atom is -0.319 e. The number of likely N-dealkylation sites (N-methyl/N-ethyl adjacent to an activating group) is 1. The van der Waals surface area contributed by atoms with Gasteiger partial charge in [-0.2, -0.15) is 0 Å². The van der Waals surface area contributed by atoms with E-state index in [1.54, 1.807) is 6.07 Å². The Morgan fingerprint density at radius 2 is 2.31 bits per heavy atom. The molecule has 1 aromatic heterocycles. The van der Waals surface area contributed by atoms with Crippen molar-refractivity contribution < 1.29 is 0 Å². The summed E-state index contributed by atoms with van der Waals surface area (Å²) in [5.74, 6) is 0.713. The van der Waals surface area contributed by atoms with Crippen LogP contribution in [0.4, 0.5) is 0 Å². The fraction of sp³-hybridized carbons (Fsp3) is 0.273. The quantitative estimate of drug-likeness (QED) is 0.895. The van der Waals surface area contributed by atoms with Crippen molar-refractivity contribution in [1.82, 2.24) is 15.3 Å². The molecule has 0 radical (unpaired) electrons. The molecule has 0 aliphatic heterocycles. The van der Waals surface area contributed by atoms with Gasteiger partial charge in [0.25, 0.3) is 5.56 Å². The van der Waals surface area contributed by atoms with E-state index < -0.39 is 0 Å². The number of H-pyrrole nitrogens is 1. The molecule has 0 spiro atoms. The Morgan fingerprint density at radius 1 is 1.50 bits per heavy atom. The summed E-state index contributed by atoms with van der Waals surface area (Å²) in [6, 6.07) is 5.47. The van der Waals surface area contributed by atoms with Crippen molar-refractivity contribution in [2.45, 2.75) is 6.42 Å². The highest BCUT2D eigenvalue weighted by Crippen LogP contribution is 2.15. The van der Waals surface area contributed by atoms with Crippen molar-refractivity contribution in [2.75, 3.05) is 13.6 Å². The van der Waals surface area contributed by atoms with Crippen LogP contribution in [-0.4, -0.2) is 23.6 Å². The summed E-state index contributed by atoms with van der Waals surface area (Å²) in [5.41, 5.74) is 0.646. The predicted octanol–water partition coefficient (Wildman–Crippen LogP) is 1.45. The molecule has 0 saturated heterocycles. The molecule has 84 valence electrons. The van der Waals surface area contributed by atoms with Crippen molar-refractivity contribution in [3.05, 3.63) is 38.9 Å². The van der Waals surface area contributed by atoms with Gasteiger partial charge in [0.05, 0.1) is 10.9 Å². The molecule has 0 unspecified atom stereocenters. The van der Waals surface area contributed by atoms with E-state index in [0.29, 0.717) is 17.6 Å². The molecular weight excluding hydrogens is 270 g/mol. The van der Waals surface area contributed by atoms with Gasteiger partial charge in [-0.15, -0.1) is 0 Å². The monoisotopic (exact) mass is 281 g/mol. The summed E-state index contributed by atoms with van der Waals surface area (Å²) in [6.07, 6.45) is 0.716. The highest BCUT2D eigenvalue weighted by molar-refractivity contribution is 9.10. The van der Waals surface area contributed by atoms with E-state index in [4.69, 9.17) is 0 Å². The summed E-state index contributed by atoms with van der Waals surface area (Å²) in [5, 5.41) is 3.65. The number of halogens is 1. The Hall–Kier alpha value is -1.20. The molecule has 2 rings (SSSR count). The van der Waals surface area contributed by atoms with Gasteiger partial charge in [-0.3, -0.25) is 4.79 Å². The maximum atomic E-state index is 11.7. The maximum Gasteiger partial charge on any atom is 0.258 e. The number of aromatic nitrogens is 2. The van der Waals surface area contributed by atoms with Gasteiger partial charge in [0.2, 0.25) is 0 Å². The Balaban J connectivity index is 2.52. The van der Waals surface area contributed by atoms with Gasteiger partial charge in [-0.05, 0) is 25.2 Å². The van der Waals surface area contributed by atoms with Crippen LogP contribution >= 0.6 is 15.9 Å². The van der Waals surface area contributed by atoms with E-state index in [9.17, 15) is 4.79 Å². The lowest BCUT2D eigenvalue weighted by Crippen LogP contribution is -2.17. The molecule has 1 heterocycles. The van der Waals surface area contributed by atoms with E-state index in [2.05, 4.69) is 31.2 Å². The summed E-state index contributed by atoms with van der Waals surface area (Å²) < 4.78 is 0.928. The number of aromatic amines is 1. The van der Waals surface area contributed by atoms with Gasteiger partial charge in [-0.25, -0.2) is 4.98 Å². The number of fused-ring (bicyclic) bond motifs is 1. The normalized spacial score (nSPS) is 10.9. The second-order valence-electron chi connectivity index (χ2n) is 3.53. The molecule has 4 nitrogen and oxygen atoms in total. The first-order valence-electron chi connectivity index (χ1n) is 5.04. The Kier molecular flexibility index (Phi) is 3.36. The smallest absolute Gasteiger partial charge is 0.258 e. The van der Waals surface area contributed by atoms with Gasteiger partial charge in [0, 0.05) is 17.4 Å². The van der Waals surface area contributed by atoms with Gasteiger partial charge < -0.3 is 10.3 Å². The van der Waals surface area contributed by atoms with E-state index in [-0.39, 0.29) is 5.56 Å². The molecule has 0 aliphatic rings. The average Bonchev–Trinajstić information content (AvgIpc) is 2.25. The molecule has 0 atom stereocenters. The van der Waals surface area contributed by atoms with Crippen molar-refractivity contribution in [2.24, 2.45) is 0 Å². The molecule has 5 heteroatoms. The van der Waals surface area contributed by atoms with Crippen LogP contribution in [0.5, 0.6) is 0 Å². The van der Waals surface area contributed by atoms with E-state index in [1.165, 1.54) is 0 Å². The second kappa shape index (κ2) is 4.76. The first-order chi connectivity index (χ1) is 7.70. The zero-order valence-corrected chi connectivity index (χ0v) is 10.5. The third kappa shape index (κ3) is 2.31. The molecule has 0 fully saturated rings. The van der Waals surface area contributed by atoms with Crippen LogP contribution in [0, 0.1) is 0 Å². The van der Waals surface area contributed by atoms with Gasteiger partial charge >= 0.3 is 0 Å². The number of benzene rings is 1. The molecule has 0 saturated carbocycles. The van der Waals surface area contributed by atoms with Crippen LogP contribution in [-0.2, 0) is 6.42 Å². The number of nitrogens with zero attached hydrogens (tertiary/aromatic N) is 1. The minimum atomic E-state index is -0.0800. The van der Waals surface area contributed by atoms with E-state index in [1.807, 2.05) is 19.2 Å². The fourth-order valence-electron chi connectivity index (χ4n) is 1.52. The molecule has 1 aromatic carbocycles. The first-order valence-corrected chi connectivity index (χ1v) is 5.83. The third-order valence-electron chi connectivity index (χ3n) is 2.33. The fourth-order valence-corrected chi connectivity index (χ4v) is 1.87. The summed E-state index contributed by atoms with van der Waals surface area (Å²) >= 11 is 3.37. The molecule has 2 aromatic rings. The van der Waals surface area contributed by atoms with Crippen LogP contribution in [0.3, 0.4) is 0 Å². The standard InChI is InChI=1S/C11H12BrN3O/c1-13-5-4-10-14-9-6-7(12)2-3-8(9)11(16)15-10/h2-3,6,13H,4-5H2,1H3,(H,14,15,16).